The Morgan fingerprint density at radius 2 is 2.06 bits per heavy atom. The van der Waals surface area contributed by atoms with Gasteiger partial charge in [0.2, 0.25) is 0 Å². The molecule has 18 heavy (non-hydrogen) atoms. The topological polar surface area (TPSA) is 61.6 Å². The van der Waals surface area contributed by atoms with Crippen LogP contribution in [0.1, 0.15) is 30.1 Å². The zero-order valence-corrected chi connectivity index (χ0v) is 9.78. The van der Waals surface area contributed by atoms with Crippen molar-refractivity contribution < 1.29 is 23.0 Å². The van der Waals surface area contributed by atoms with Gasteiger partial charge in [-0.3, -0.25) is 4.79 Å². The number of ketones is 1. The number of halogens is 2. The number of ether oxygens (including phenoxy) is 2. The minimum absolute atomic E-state index is 0.0660. The van der Waals surface area contributed by atoms with Gasteiger partial charge in [0.25, 0.3) is 0 Å². The van der Waals surface area contributed by atoms with Crippen LogP contribution in [0.5, 0.6) is 11.5 Å². The Balaban J connectivity index is 2.11. The van der Waals surface area contributed by atoms with Crippen LogP contribution in [0, 0.1) is 0 Å². The quantitative estimate of drug-likeness (QED) is 0.841. The van der Waals surface area contributed by atoms with Crippen LogP contribution < -0.4 is 15.2 Å². The Morgan fingerprint density at radius 1 is 1.39 bits per heavy atom. The molecule has 0 spiro atoms. The van der Waals surface area contributed by atoms with E-state index in [0.717, 1.165) is 0 Å². The summed E-state index contributed by atoms with van der Waals surface area (Å²) in [5.74, 6) is -0.343. The van der Waals surface area contributed by atoms with Gasteiger partial charge in [-0.15, -0.1) is 8.78 Å². The van der Waals surface area contributed by atoms with Crippen LogP contribution in [0.3, 0.4) is 0 Å². The summed E-state index contributed by atoms with van der Waals surface area (Å²) in [6.45, 7) is 1.80. The molecule has 0 amide bonds. The molecule has 1 aliphatic heterocycles. The molecule has 1 aliphatic rings. The molecule has 98 valence electrons. The van der Waals surface area contributed by atoms with Gasteiger partial charge in [-0.1, -0.05) is 0 Å². The van der Waals surface area contributed by atoms with Crippen molar-refractivity contribution in [2.45, 2.75) is 32.1 Å². The highest BCUT2D eigenvalue weighted by Crippen LogP contribution is 2.41. The maximum Gasteiger partial charge on any atom is 0.586 e. The van der Waals surface area contributed by atoms with Gasteiger partial charge in [0.15, 0.2) is 17.3 Å². The molecule has 0 radical (unpaired) electrons. The third-order valence-electron chi connectivity index (χ3n) is 2.55. The molecule has 1 aromatic rings. The fraction of sp³-hybridized carbons (Fsp3) is 0.417. The molecule has 1 unspecified atom stereocenters. The van der Waals surface area contributed by atoms with Crippen molar-refractivity contribution in [2.75, 3.05) is 0 Å². The summed E-state index contributed by atoms with van der Waals surface area (Å²) in [7, 11) is 0. The first-order valence-corrected chi connectivity index (χ1v) is 5.56. The van der Waals surface area contributed by atoms with Gasteiger partial charge in [-0.2, -0.15) is 0 Å². The molecule has 2 N–H and O–H groups in total. The number of carbonyl (C=O) groups is 1. The lowest BCUT2D eigenvalue weighted by atomic mass is 10.0. The van der Waals surface area contributed by atoms with Crippen molar-refractivity contribution >= 4 is 5.78 Å². The average molecular weight is 257 g/mol. The van der Waals surface area contributed by atoms with Crippen LogP contribution in [0.2, 0.25) is 0 Å². The highest BCUT2D eigenvalue weighted by Gasteiger charge is 2.43. The van der Waals surface area contributed by atoms with E-state index in [1.54, 1.807) is 6.92 Å². The highest BCUT2D eigenvalue weighted by molar-refractivity contribution is 5.96. The molecule has 6 heteroatoms. The highest BCUT2D eigenvalue weighted by atomic mass is 19.3. The third-order valence-corrected chi connectivity index (χ3v) is 2.55. The number of Topliss-reactive ketones (excluding diaryl/α,β-unsaturated/α-hetero) is 1. The van der Waals surface area contributed by atoms with E-state index in [1.807, 2.05) is 0 Å². The van der Waals surface area contributed by atoms with Crippen molar-refractivity contribution in [3.63, 3.8) is 0 Å². The first-order chi connectivity index (χ1) is 8.37. The lowest BCUT2D eigenvalue weighted by molar-refractivity contribution is -0.286. The Hall–Kier alpha value is -1.69. The number of hydrogen-bond donors (Lipinski definition) is 1. The fourth-order valence-electron chi connectivity index (χ4n) is 1.63. The van der Waals surface area contributed by atoms with Crippen LogP contribution in [-0.2, 0) is 0 Å². The van der Waals surface area contributed by atoms with Gasteiger partial charge in [-0.05, 0) is 31.5 Å². The van der Waals surface area contributed by atoms with E-state index in [1.165, 1.54) is 18.2 Å². The van der Waals surface area contributed by atoms with E-state index in [9.17, 15) is 13.6 Å². The molecule has 1 heterocycles. The summed E-state index contributed by atoms with van der Waals surface area (Å²) in [5.41, 5.74) is 5.86. The van der Waals surface area contributed by atoms with Crippen LogP contribution in [0.15, 0.2) is 18.2 Å². The van der Waals surface area contributed by atoms with Crippen molar-refractivity contribution in [3.8, 4) is 11.5 Å². The lowest BCUT2D eigenvalue weighted by Gasteiger charge is -2.05. The summed E-state index contributed by atoms with van der Waals surface area (Å²) in [6, 6.07) is 3.93. The number of hydrogen-bond acceptors (Lipinski definition) is 4. The van der Waals surface area contributed by atoms with Gasteiger partial charge in [0, 0.05) is 18.0 Å². The molecule has 4 nitrogen and oxygen atoms in total. The zero-order valence-electron chi connectivity index (χ0n) is 9.78. The molecule has 1 aromatic carbocycles. The number of carbonyl (C=O) groups excluding carboxylic acids is 1. The minimum atomic E-state index is -3.66. The molecular weight excluding hydrogens is 244 g/mol. The van der Waals surface area contributed by atoms with E-state index >= 15 is 0 Å². The normalized spacial score (nSPS) is 17.6. The number of benzene rings is 1. The molecular formula is C12H13F2NO3. The SMILES string of the molecule is CC(N)CCC(=O)c1ccc2c(c1)OC(F)(F)O2. The van der Waals surface area contributed by atoms with Crippen molar-refractivity contribution in [3.05, 3.63) is 23.8 Å². The van der Waals surface area contributed by atoms with Gasteiger partial charge in [0.1, 0.15) is 0 Å². The maximum absolute atomic E-state index is 12.8. The molecule has 0 fully saturated rings. The average Bonchev–Trinajstić information content (AvgIpc) is 2.58. The predicted octanol–water partition coefficient (Wildman–Crippen LogP) is 2.32. The predicted molar refractivity (Wildman–Crippen MR) is 59.9 cm³/mol. The maximum atomic E-state index is 12.8. The standard InChI is InChI=1S/C12H13F2NO3/c1-7(15)2-4-9(16)8-3-5-10-11(6-8)18-12(13,14)17-10/h3,5-7H,2,4,15H2,1H3. The first kappa shape index (κ1) is 12.8. The lowest BCUT2D eigenvalue weighted by Crippen LogP contribution is -2.25. The van der Waals surface area contributed by atoms with Crippen molar-refractivity contribution in [1.29, 1.82) is 0 Å². The molecule has 0 bridgehead atoms. The summed E-state index contributed by atoms with van der Waals surface area (Å²) < 4.78 is 34.1. The van der Waals surface area contributed by atoms with E-state index in [2.05, 4.69) is 9.47 Å². The van der Waals surface area contributed by atoms with E-state index in [4.69, 9.17) is 5.73 Å². The second kappa shape index (κ2) is 4.53. The Morgan fingerprint density at radius 3 is 2.72 bits per heavy atom. The Bertz CT molecular complexity index is 474. The molecule has 0 aliphatic carbocycles. The molecule has 0 saturated heterocycles. The number of alkyl halides is 2. The molecule has 0 saturated carbocycles. The zero-order chi connectivity index (χ0) is 13.3. The van der Waals surface area contributed by atoms with Crippen LogP contribution in [0.25, 0.3) is 0 Å². The van der Waals surface area contributed by atoms with Crippen LogP contribution in [-0.4, -0.2) is 18.1 Å². The smallest absolute Gasteiger partial charge is 0.395 e. The number of nitrogens with two attached hydrogens (primary N) is 1. The van der Waals surface area contributed by atoms with E-state index in [0.29, 0.717) is 12.0 Å². The monoisotopic (exact) mass is 257 g/mol. The van der Waals surface area contributed by atoms with E-state index < -0.39 is 6.29 Å². The van der Waals surface area contributed by atoms with Gasteiger partial charge in [-0.25, -0.2) is 0 Å². The molecule has 0 aromatic heterocycles. The van der Waals surface area contributed by atoms with Crippen molar-refractivity contribution in [1.82, 2.24) is 0 Å². The second-order valence-electron chi connectivity index (χ2n) is 4.27. The third kappa shape index (κ3) is 2.76. The molecule has 1 atom stereocenters. The van der Waals surface area contributed by atoms with Crippen LogP contribution >= 0.6 is 0 Å². The van der Waals surface area contributed by atoms with Gasteiger partial charge in [0.05, 0.1) is 0 Å². The van der Waals surface area contributed by atoms with E-state index in [-0.39, 0.29) is 29.7 Å². The minimum Gasteiger partial charge on any atom is -0.395 e. The summed E-state index contributed by atoms with van der Waals surface area (Å²) in [4.78, 5) is 11.8. The Labute approximate surface area is 103 Å². The fourth-order valence-corrected chi connectivity index (χ4v) is 1.63. The summed E-state index contributed by atoms with van der Waals surface area (Å²) in [5, 5.41) is 0. The first-order valence-electron chi connectivity index (χ1n) is 5.56. The second-order valence-corrected chi connectivity index (χ2v) is 4.27. The number of rotatable bonds is 4. The summed E-state index contributed by atoms with van der Waals surface area (Å²) >= 11 is 0. The van der Waals surface area contributed by atoms with Crippen molar-refractivity contribution in [2.24, 2.45) is 5.73 Å². The Kier molecular flexibility index (Phi) is 3.21. The number of fused-ring (bicyclic) bond motifs is 1. The van der Waals surface area contributed by atoms with Gasteiger partial charge < -0.3 is 15.2 Å². The van der Waals surface area contributed by atoms with Crippen LogP contribution in [0.4, 0.5) is 8.78 Å². The molecule has 2 rings (SSSR count). The largest absolute Gasteiger partial charge is 0.586 e. The summed E-state index contributed by atoms with van der Waals surface area (Å²) in [6.07, 6.45) is -2.84. The van der Waals surface area contributed by atoms with Gasteiger partial charge >= 0.3 is 6.29 Å².